The molecule has 1 aromatic carbocycles. The summed E-state index contributed by atoms with van der Waals surface area (Å²) in [4.78, 5) is 18.6. The standard InChI is InChI=1S/C18H28FN5O/c1-21-5-9-23(10-6-21)14-18(25)20-15-3-4-17(16(19)13-15)24-11-7-22(2)8-12-24/h3-4,13H,5-12,14H2,1-2H3,(H,20,25)/p+3. The van der Waals surface area contributed by atoms with Gasteiger partial charge in [0.1, 0.15) is 32.0 Å². The molecule has 138 valence electrons. The number of likely N-dealkylation sites (N-methyl/N-ethyl adjacent to an activating group) is 2. The number of nitrogens with one attached hydrogen (secondary N) is 4. The van der Waals surface area contributed by atoms with Crippen molar-refractivity contribution in [2.24, 2.45) is 0 Å². The highest BCUT2D eigenvalue weighted by molar-refractivity contribution is 5.91. The van der Waals surface area contributed by atoms with Gasteiger partial charge in [-0.05, 0) is 18.2 Å². The molecule has 1 aromatic rings. The summed E-state index contributed by atoms with van der Waals surface area (Å²) >= 11 is 0. The minimum absolute atomic E-state index is 0.0371. The normalized spacial score (nSPS) is 25.0. The average molecular weight is 352 g/mol. The number of anilines is 2. The van der Waals surface area contributed by atoms with Crippen molar-refractivity contribution in [1.29, 1.82) is 0 Å². The first-order valence-corrected chi connectivity index (χ1v) is 9.32. The molecule has 2 saturated heterocycles. The molecule has 0 bridgehead atoms. The number of amides is 1. The summed E-state index contributed by atoms with van der Waals surface area (Å²) in [6.07, 6.45) is 0. The first-order valence-electron chi connectivity index (χ1n) is 9.32. The number of carbonyl (C=O) groups excluding carboxylic acids is 1. The van der Waals surface area contributed by atoms with Crippen LogP contribution in [0.25, 0.3) is 0 Å². The summed E-state index contributed by atoms with van der Waals surface area (Å²) in [7, 11) is 4.35. The van der Waals surface area contributed by atoms with E-state index in [0.29, 0.717) is 17.9 Å². The first kappa shape index (κ1) is 18.1. The number of piperazine rings is 2. The molecule has 0 aromatic heterocycles. The van der Waals surface area contributed by atoms with E-state index in [0.717, 1.165) is 52.4 Å². The lowest BCUT2D eigenvalue weighted by atomic mass is 10.2. The maximum Gasteiger partial charge on any atom is 0.279 e. The summed E-state index contributed by atoms with van der Waals surface area (Å²) < 4.78 is 14.5. The van der Waals surface area contributed by atoms with E-state index in [1.807, 2.05) is 6.07 Å². The van der Waals surface area contributed by atoms with Crippen LogP contribution in [0, 0.1) is 5.82 Å². The van der Waals surface area contributed by atoms with Crippen LogP contribution in [0.2, 0.25) is 0 Å². The number of halogens is 1. The highest BCUT2D eigenvalue weighted by atomic mass is 19.1. The summed E-state index contributed by atoms with van der Waals surface area (Å²) in [6.45, 7) is 8.44. The smallest absolute Gasteiger partial charge is 0.279 e. The SMILES string of the molecule is C[NH+]1CCN(c2ccc(NC(=O)C[NH+]3CC[NH+](C)CC3)cc2F)CC1. The zero-order valence-electron chi connectivity index (χ0n) is 15.3. The van der Waals surface area contributed by atoms with E-state index in [1.54, 1.807) is 6.07 Å². The Bertz CT molecular complexity index is 595. The van der Waals surface area contributed by atoms with Crippen molar-refractivity contribution >= 4 is 17.3 Å². The Morgan fingerprint density at radius 1 is 1.08 bits per heavy atom. The molecule has 6 nitrogen and oxygen atoms in total. The monoisotopic (exact) mass is 352 g/mol. The van der Waals surface area contributed by atoms with Crippen LogP contribution < -0.4 is 24.9 Å². The molecule has 0 aliphatic carbocycles. The molecule has 1 amide bonds. The van der Waals surface area contributed by atoms with Gasteiger partial charge in [0.15, 0.2) is 6.54 Å². The second-order valence-corrected chi connectivity index (χ2v) is 7.54. The lowest BCUT2D eigenvalue weighted by molar-refractivity contribution is -0.999. The predicted octanol–water partition coefficient (Wildman–Crippen LogP) is -3.49. The fourth-order valence-electron chi connectivity index (χ4n) is 3.61. The average Bonchev–Trinajstić information content (AvgIpc) is 2.58. The number of quaternary nitrogens is 3. The molecule has 0 radical (unpaired) electrons. The van der Waals surface area contributed by atoms with E-state index in [1.165, 1.54) is 20.8 Å². The van der Waals surface area contributed by atoms with E-state index in [2.05, 4.69) is 24.3 Å². The summed E-state index contributed by atoms with van der Waals surface area (Å²) in [5.41, 5.74) is 1.18. The molecule has 2 aliphatic heterocycles. The molecule has 2 fully saturated rings. The van der Waals surface area contributed by atoms with Crippen LogP contribution in [0.15, 0.2) is 18.2 Å². The second-order valence-electron chi connectivity index (χ2n) is 7.54. The Labute approximate surface area is 149 Å². The summed E-state index contributed by atoms with van der Waals surface area (Å²) in [6, 6.07) is 5.05. The van der Waals surface area contributed by atoms with E-state index in [9.17, 15) is 9.18 Å². The van der Waals surface area contributed by atoms with Crippen LogP contribution in [-0.4, -0.2) is 78.9 Å². The Balaban J connectivity index is 1.54. The highest BCUT2D eigenvalue weighted by Gasteiger charge is 2.23. The number of nitrogens with zero attached hydrogens (tertiary/aromatic N) is 1. The third-order valence-electron chi connectivity index (χ3n) is 5.41. The predicted molar refractivity (Wildman–Crippen MR) is 96.0 cm³/mol. The lowest BCUT2D eigenvalue weighted by Gasteiger charge is -2.32. The molecule has 4 N–H and O–H groups in total. The minimum Gasteiger partial charge on any atom is -0.358 e. The van der Waals surface area contributed by atoms with Gasteiger partial charge in [0.2, 0.25) is 0 Å². The Hall–Kier alpha value is -1.70. The largest absolute Gasteiger partial charge is 0.358 e. The molecule has 2 aliphatic rings. The summed E-state index contributed by atoms with van der Waals surface area (Å²) in [5, 5.41) is 2.85. The van der Waals surface area contributed by atoms with Crippen molar-refractivity contribution in [2.75, 3.05) is 83.2 Å². The number of benzene rings is 1. The zero-order valence-corrected chi connectivity index (χ0v) is 15.3. The molecule has 0 unspecified atom stereocenters. The third kappa shape index (κ3) is 4.90. The highest BCUT2D eigenvalue weighted by Crippen LogP contribution is 2.22. The molecule has 25 heavy (non-hydrogen) atoms. The maximum atomic E-state index is 14.5. The molecule has 0 saturated carbocycles. The topological polar surface area (TPSA) is 45.7 Å². The van der Waals surface area contributed by atoms with Gasteiger partial charge in [0, 0.05) is 5.69 Å². The number of rotatable bonds is 4. The van der Waals surface area contributed by atoms with E-state index < -0.39 is 0 Å². The molecular weight excluding hydrogens is 321 g/mol. The van der Waals surface area contributed by atoms with Gasteiger partial charge in [-0.15, -0.1) is 0 Å². The maximum absolute atomic E-state index is 14.5. The second kappa shape index (κ2) is 8.12. The van der Waals surface area contributed by atoms with E-state index in [-0.39, 0.29) is 11.7 Å². The zero-order chi connectivity index (χ0) is 17.8. The fraction of sp³-hybridized carbons (Fsp3) is 0.611. The minimum atomic E-state index is -0.257. The van der Waals surface area contributed by atoms with Crippen LogP contribution in [0.1, 0.15) is 0 Å². The van der Waals surface area contributed by atoms with E-state index in [4.69, 9.17) is 0 Å². The van der Waals surface area contributed by atoms with Gasteiger partial charge >= 0.3 is 0 Å². The van der Waals surface area contributed by atoms with Gasteiger partial charge in [-0.2, -0.15) is 0 Å². The third-order valence-corrected chi connectivity index (χ3v) is 5.41. The van der Waals surface area contributed by atoms with Crippen LogP contribution >= 0.6 is 0 Å². The molecule has 0 spiro atoms. The van der Waals surface area contributed by atoms with Gasteiger partial charge < -0.3 is 24.9 Å². The van der Waals surface area contributed by atoms with Crippen LogP contribution in [0.5, 0.6) is 0 Å². The molecule has 2 heterocycles. The van der Waals surface area contributed by atoms with E-state index >= 15 is 0 Å². The van der Waals surface area contributed by atoms with Crippen molar-refractivity contribution in [3.63, 3.8) is 0 Å². The number of hydrogen-bond donors (Lipinski definition) is 4. The molecule has 3 rings (SSSR count). The lowest BCUT2D eigenvalue weighted by Crippen LogP contribution is -3.27. The molecular formula is C18H31FN5O+3. The summed E-state index contributed by atoms with van der Waals surface area (Å²) in [5.74, 6) is -0.294. The Morgan fingerprint density at radius 3 is 2.36 bits per heavy atom. The fourth-order valence-corrected chi connectivity index (χ4v) is 3.61. The van der Waals surface area contributed by atoms with Crippen molar-refractivity contribution in [3.05, 3.63) is 24.0 Å². The first-order chi connectivity index (χ1) is 12.0. The van der Waals surface area contributed by atoms with Crippen LogP contribution in [0.4, 0.5) is 15.8 Å². The van der Waals surface area contributed by atoms with Gasteiger partial charge in [-0.3, -0.25) is 4.79 Å². The van der Waals surface area contributed by atoms with Crippen molar-refractivity contribution in [3.8, 4) is 0 Å². The number of carbonyl (C=O) groups is 1. The molecule has 7 heteroatoms. The molecule has 0 atom stereocenters. The van der Waals surface area contributed by atoms with Gasteiger partial charge in [-0.25, -0.2) is 4.39 Å². The van der Waals surface area contributed by atoms with Gasteiger partial charge in [0.25, 0.3) is 5.91 Å². The van der Waals surface area contributed by atoms with Crippen LogP contribution in [-0.2, 0) is 4.79 Å². The van der Waals surface area contributed by atoms with Crippen molar-refractivity contribution in [1.82, 2.24) is 0 Å². The quantitative estimate of drug-likeness (QED) is 0.455. The van der Waals surface area contributed by atoms with Gasteiger partial charge in [-0.1, -0.05) is 0 Å². The van der Waals surface area contributed by atoms with Crippen LogP contribution in [0.3, 0.4) is 0 Å². The number of hydrogen-bond acceptors (Lipinski definition) is 2. The van der Waals surface area contributed by atoms with Crippen molar-refractivity contribution < 1.29 is 23.9 Å². The van der Waals surface area contributed by atoms with Gasteiger partial charge in [0.05, 0.1) is 46.0 Å². The Morgan fingerprint density at radius 2 is 1.72 bits per heavy atom. The Kier molecular flexibility index (Phi) is 5.88. The van der Waals surface area contributed by atoms with Crippen molar-refractivity contribution in [2.45, 2.75) is 0 Å².